The molecule has 8 heteroatoms. The van der Waals surface area contributed by atoms with E-state index in [1.807, 2.05) is 4.90 Å². The number of halogens is 1. The molecule has 140 valence electrons. The molecule has 0 spiro atoms. The number of likely N-dealkylation sites (tertiary alicyclic amines) is 1. The summed E-state index contributed by atoms with van der Waals surface area (Å²) >= 11 is 0. The van der Waals surface area contributed by atoms with Gasteiger partial charge >= 0.3 is 0 Å². The lowest BCUT2D eigenvalue weighted by Crippen LogP contribution is -2.50. The van der Waals surface area contributed by atoms with Crippen LogP contribution in [-0.4, -0.2) is 56.5 Å². The Kier molecular flexibility index (Phi) is 5.92. The van der Waals surface area contributed by atoms with Crippen molar-refractivity contribution in [3.05, 3.63) is 41.6 Å². The van der Waals surface area contributed by atoms with Gasteiger partial charge in [-0.3, -0.25) is 14.7 Å². The van der Waals surface area contributed by atoms with Gasteiger partial charge in [-0.25, -0.2) is 4.39 Å². The van der Waals surface area contributed by atoms with Crippen molar-refractivity contribution in [2.75, 3.05) is 19.6 Å². The number of carbonyl (C=O) groups excluding carboxylic acids is 1. The van der Waals surface area contributed by atoms with E-state index in [2.05, 4.69) is 20.0 Å². The quantitative estimate of drug-likeness (QED) is 0.783. The molecule has 1 aliphatic rings. The largest absolute Gasteiger partial charge is 0.340 e. The molecular weight excluding hydrogens is 337 g/mol. The first-order chi connectivity index (χ1) is 12.5. The SMILES string of the molecule is CC(=O)N(CCc1noc(C)n1)C1CCCN(Cc2ccncc2F)C1. The molecule has 26 heavy (non-hydrogen) atoms. The molecule has 1 unspecified atom stereocenters. The topological polar surface area (TPSA) is 75.4 Å². The van der Waals surface area contributed by atoms with Crippen LogP contribution in [0.2, 0.25) is 0 Å². The highest BCUT2D eigenvalue weighted by atomic mass is 19.1. The van der Waals surface area contributed by atoms with Gasteiger partial charge in [-0.15, -0.1) is 0 Å². The average molecular weight is 361 g/mol. The highest BCUT2D eigenvalue weighted by Crippen LogP contribution is 2.19. The molecule has 2 aromatic heterocycles. The number of aromatic nitrogens is 3. The summed E-state index contributed by atoms with van der Waals surface area (Å²) < 4.78 is 18.8. The van der Waals surface area contributed by atoms with Crippen LogP contribution in [0.25, 0.3) is 0 Å². The zero-order valence-electron chi connectivity index (χ0n) is 15.2. The molecule has 7 nitrogen and oxygen atoms in total. The molecule has 0 saturated carbocycles. The second kappa shape index (κ2) is 8.35. The van der Waals surface area contributed by atoms with Crippen molar-refractivity contribution in [3.8, 4) is 0 Å². The summed E-state index contributed by atoms with van der Waals surface area (Å²) in [5.41, 5.74) is 0.636. The van der Waals surface area contributed by atoms with Crippen molar-refractivity contribution < 1.29 is 13.7 Å². The van der Waals surface area contributed by atoms with Gasteiger partial charge in [0.15, 0.2) is 5.82 Å². The molecule has 1 fully saturated rings. The fourth-order valence-electron chi connectivity index (χ4n) is 3.46. The fraction of sp³-hybridized carbons (Fsp3) is 0.556. The molecular formula is C18H24FN5O2. The number of carbonyl (C=O) groups is 1. The molecule has 3 rings (SSSR count). The minimum atomic E-state index is -0.287. The minimum Gasteiger partial charge on any atom is -0.340 e. The van der Waals surface area contributed by atoms with Crippen molar-refractivity contribution in [1.29, 1.82) is 0 Å². The van der Waals surface area contributed by atoms with Crippen molar-refractivity contribution >= 4 is 5.91 Å². The zero-order valence-corrected chi connectivity index (χ0v) is 15.2. The van der Waals surface area contributed by atoms with E-state index in [4.69, 9.17) is 4.52 Å². The van der Waals surface area contributed by atoms with Crippen LogP contribution in [-0.2, 0) is 17.8 Å². The van der Waals surface area contributed by atoms with Gasteiger partial charge in [-0.2, -0.15) is 4.98 Å². The minimum absolute atomic E-state index is 0.0344. The first-order valence-corrected chi connectivity index (χ1v) is 8.90. The second-order valence-electron chi connectivity index (χ2n) is 6.69. The standard InChI is InChI=1S/C18H24FN5O2/c1-13-21-18(22-26-13)6-9-24(14(2)25)16-4-3-8-23(12-16)11-15-5-7-20-10-17(15)19/h5,7,10,16H,3-4,6,8-9,11-12H2,1-2H3. The third-order valence-corrected chi connectivity index (χ3v) is 4.72. The van der Waals surface area contributed by atoms with Gasteiger partial charge in [-0.1, -0.05) is 5.16 Å². The summed E-state index contributed by atoms with van der Waals surface area (Å²) in [6, 6.07) is 1.82. The summed E-state index contributed by atoms with van der Waals surface area (Å²) in [5.74, 6) is 0.885. The maximum Gasteiger partial charge on any atom is 0.223 e. The molecule has 3 heterocycles. The number of pyridine rings is 1. The number of hydrogen-bond acceptors (Lipinski definition) is 6. The summed E-state index contributed by atoms with van der Waals surface area (Å²) in [7, 11) is 0. The Bertz CT molecular complexity index is 751. The van der Waals surface area contributed by atoms with Gasteiger partial charge in [-0.05, 0) is 25.5 Å². The molecule has 0 aliphatic carbocycles. The molecule has 1 aliphatic heterocycles. The van der Waals surface area contributed by atoms with Crippen LogP contribution in [0.4, 0.5) is 4.39 Å². The van der Waals surface area contributed by atoms with Gasteiger partial charge < -0.3 is 9.42 Å². The molecule has 1 saturated heterocycles. The Labute approximate surface area is 152 Å². The van der Waals surface area contributed by atoms with E-state index < -0.39 is 0 Å². The smallest absolute Gasteiger partial charge is 0.223 e. The number of piperidine rings is 1. The van der Waals surface area contributed by atoms with E-state index in [-0.39, 0.29) is 17.8 Å². The van der Waals surface area contributed by atoms with Crippen LogP contribution in [0, 0.1) is 12.7 Å². The highest BCUT2D eigenvalue weighted by molar-refractivity contribution is 5.73. The molecule has 0 radical (unpaired) electrons. The molecule has 1 atom stereocenters. The van der Waals surface area contributed by atoms with Gasteiger partial charge in [0, 0.05) is 57.7 Å². The van der Waals surface area contributed by atoms with E-state index in [1.165, 1.54) is 6.20 Å². The third kappa shape index (κ3) is 4.63. The highest BCUT2D eigenvalue weighted by Gasteiger charge is 2.27. The maximum atomic E-state index is 13.9. The fourth-order valence-corrected chi connectivity index (χ4v) is 3.46. The summed E-state index contributed by atoms with van der Waals surface area (Å²) in [6.07, 6.45) is 5.33. The van der Waals surface area contributed by atoms with E-state index in [9.17, 15) is 9.18 Å². The lowest BCUT2D eigenvalue weighted by molar-refractivity contribution is -0.132. The normalized spacial score (nSPS) is 18.0. The van der Waals surface area contributed by atoms with Gasteiger partial charge in [0.25, 0.3) is 0 Å². The van der Waals surface area contributed by atoms with Crippen LogP contribution in [0.15, 0.2) is 23.0 Å². The Morgan fingerprint density at radius 2 is 2.35 bits per heavy atom. The number of amides is 1. The first-order valence-electron chi connectivity index (χ1n) is 8.90. The zero-order chi connectivity index (χ0) is 18.5. The number of rotatable bonds is 6. The number of hydrogen-bond donors (Lipinski definition) is 0. The number of aryl methyl sites for hydroxylation is 1. The van der Waals surface area contributed by atoms with Crippen LogP contribution in [0.5, 0.6) is 0 Å². The van der Waals surface area contributed by atoms with Crippen molar-refractivity contribution in [3.63, 3.8) is 0 Å². The Morgan fingerprint density at radius 1 is 1.50 bits per heavy atom. The predicted octanol–water partition coefficient (Wildman–Crippen LogP) is 1.97. The summed E-state index contributed by atoms with van der Waals surface area (Å²) in [5, 5.41) is 3.89. The lowest BCUT2D eigenvalue weighted by atomic mass is 10.0. The van der Waals surface area contributed by atoms with E-state index >= 15 is 0 Å². The molecule has 2 aromatic rings. The molecule has 0 aromatic carbocycles. The second-order valence-corrected chi connectivity index (χ2v) is 6.69. The average Bonchev–Trinajstić information content (AvgIpc) is 3.03. The maximum absolute atomic E-state index is 13.9. The van der Waals surface area contributed by atoms with Crippen LogP contribution in [0.1, 0.15) is 37.0 Å². The predicted molar refractivity (Wildman–Crippen MR) is 92.6 cm³/mol. The van der Waals surface area contributed by atoms with Crippen LogP contribution in [0.3, 0.4) is 0 Å². The molecule has 0 bridgehead atoms. The third-order valence-electron chi connectivity index (χ3n) is 4.72. The first kappa shape index (κ1) is 18.4. The summed E-state index contributed by atoms with van der Waals surface area (Å²) in [6.45, 7) is 6.04. The van der Waals surface area contributed by atoms with Gasteiger partial charge in [0.2, 0.25) is 11.8 Å². The van der Waals surface area contributed by atoms with Crippen LogP contribution < -0.4 is 0 Å². The molecule has 1 amide bonds. The Morgan fingerprint density at radius 3 is 3.04 bits per heavy atom. The van der Waals surface area contributed by atoms with Gasteiger partial charge in [0.05, 0.1) is 6.20 Å². The van der Waals surface area contributed by atoms with Crippen molar-refractivity contribution in [2.45, 2.75) is 45.7 Å². The van der Waals surface area contributed by atoms with Gasteiger partial charge in [0.1, 0.15) is 5.82 Å². The lowest BCUT2D eigenvalue weighted by Gasteiger charge is -2.39. The van der Waals surface area contributed by atoms with E-state index in [1.54, 1.807) is 26.1 Å². The monoisotopic (exact) mass is 361 g/mol. The van der Waals surface area contributed by atoms with Crippen molar-refractivity contribution in [2.24, 2.45) is 0 Å². The molecule has 0 N–H and O–H groups in total. The Balaban J connectivity index is 1.61. The van der Waals surface area contributed by atoms with E-state index in [0.717, 1.165) is 25.9 Å². The number of nitrogens with zero attached hydrogens (tertiary/aromatic N) is 5. The van der Waals surface area contributed by atoms with Crippen molar-refractivity contribution in [1.82, 2.24) is 24.9 Å². The van der Waals surface area contributed by atoms with E-state index in [0.29, 0.717) is 36.8 Å². The summed E-state index contributed by atoms with van der Waals surface area (Å²) in [4.78, 5) is 24.2. The Hall–Kier alpha value is -2.35. The van der Waals surface area contributed by atoms with Crippen LogP contribution >= 0.6 is 0 Å².